The highest BCUT2D eigenvalue weighted by molar-refractivity contribution is 8.15. The molecule has 0 fully saturated rings. The lowest BCUT2D eigenvalue weighted by atomic mass is 10.4. The Labute approximate surface area is 255 Å². The number of benzene rings is 6. The molecule has 0 unspecified atom stereocenters. The number of methoxy groups -OCH3 is 1. The zero-order chi connectivity index (χ0) is 29.5. The predicted molar refractivity (Wildman–Crippen MR) is 187 cm³/mol. The second-order valence-electron chi connectivity index (χ2n) is 10.2. The van der Waals surface area contributed by atoms with Gasteiger partial charge in [0, 0.05) is 0 Å². The quantitative estimate of drug-likeness (QED) is 0.140. The molecule has 6 aromatic rings. The largest absolute Gasteiger partial charge is 0.475 e. The number of ether oxygens (including phenoxy) is 1. The van der Waals surface area contributed by atoms with E-state index in [1.807, 2.05) is 0 Å². The van der Waals surface area contributed by atoms with Gasteiger partial charge in [0.25, 0.3) is 0 Å². The molecule has 210 valence electrons. The van der Waals surface area contributed by atoms with E-state index in [4.69, 9.17) is 4.74 Å². The van der Waals surface area contributed by atoms with E-state index in [2.05, 4.69) is 182 Å². The van der Waals surface area contributed by atoms with Gasteiger partial charge in [0.1, 0.15) is 31.8 Å². The molecule has 0 radical (unpaired) electrons. The minimum absolute atomic E-state index is 0.0326. The summed E-state index contributed by atoms with van der Waals surface area (Å²) in [5.41, 5.74) is 0. The lowest BCUT2D eigenvalue weighted by Crippen LogP contribution is -2.40. The van der Waals surface area contributed by atoms with Crippen LogP contribution >= 0.6 is 14.5 Å². The van der Waals surface area contributed by atoms with Crippen LogP contribution in [0, 0.1) is 0 Å². The first-order valence-corrected chi connectivity index (χ1v) is 17.9. The molecule has 0 saturated heterocycles. The molecule has 0 aromatic heterocycles. The van der Waals surface area contributed by atoms with E-state index in [9.17, 15) is 5.11 Å². The zero-order valence-electron chi connectivity index (χ0n) is 24.1. The summed E-state index contributed by atoms with van der Waals surface area (Å²) < 4.78 is 6.04. The Kier molecular flexibility index (Phi) is 8.52. The van der Waals surface area contributed by atoms with Gasteiger partial charge >= 0.3 is 11.0 Å². The number of hydrogen-bond donors (Lipinski definition) is 1. The highest BCUT2D eigenvalue weighted by Crippen LogP contribution is 2.80. The van der Waals surface area contributed by atoms with Crippen LogP contribution in [0.5, 0.6) is 0 Å². The van der Waals surface area contributed by atoms with Crippen molar-refractivity contribution in [2.24, 2.45) is 0 Å². The lowest BCUT2D eigenvalue weighted by molar-refractivity contribution is 0.136. The molecule has 0 heterocycles. The molecule has 4 heteroatoms. The third-order valence-corrected chi connectivity index (χ3v) is 17.8. The third-order valence-electron chi connectivity index (χ3n) is 7.88. The molecule has 6 rings (SSSR count). The van der Waals surface area contributed by atoms with Crippen molar-refractivity contribution in [1.82, 2.24) is 0 Å². The van der Waals surface area contributed by atoms with Crippen LogP contribution in [-0.2, 0) is 4.74 Å². The van der Waals surface area contributed by atoms with Gasteiger partial charge in [-0.1, -0.05) is 109 Å². The SMILES string of the molecule is COC(O)=C([P+](c1ccccc1)(c1ccccc1)c1ccccc1)[P+](c1ccccc1)(c1ccccc1)c1ccccc1. The van der Waals surface area contributed by atoms with E-state index < -0.39 is 14.5 Å². The fourth-order valence-corrected chi connectivity index (χ4v) is 17.7. The molecule has 0 saturated carbocycles. The molecule has 0 bridgehead atoms. The van der Waals surface area contributed by atoms with Crippen molar-refractivity contribution in [2.45, 2.75) is 0 Å². The van der Waals surface area contributed by atoms with Crippen LogP contribution in [0.2, 0.25) is 0 Å². The molecule has 0 aliphatic rings. The second kappa shape index (κ2) is 12.8. The molecule has 0 aliphatic carbocycles. The van der Waals surface area contributed by atoms with Gasteiger partial charge in [0.2, 0.25) is 0 Å². The van der Waals surface area contributed by atoms with E-state index in [1.165, 1.54) is 0 Å². The number of rotatable bonds is 9. The number of hydrogen-bond acceptors (Lipinski definition) is 2. The number of aliphatic hydroxyl groups is 1. The monoisotopic (exact) mass is 596 g/mol. The molecule has 6 aromatic carbocycles. The first kappa shape index (κ1) is 28.6. The Balaban J connectivity index is 1.92. The summed E-state index contributed by atoms with van der Waals surface area (Å²) in [6.07, 6.45) is 0. The molecule has 0 amide bonds. The average molecular weight is 597 g/mol. The first-order valence-electron chi connectivity index (χ1n) is 14.3. The first-order chi connectivity index (χ1) is 21.2. The summed E-state index contributed by atoms with van der Waals surface area (Å²) in [7, 11) is -4.02. The van der Waals surface area contributed by atoms with E-state index in [1.54, 1.807) is 7.11 Å². The van der Waals surface area contributed by atoms with Crippen molar-refractivity contribution in [3.05, 3.63) is 193 Å². The Bertz CT molecular complexity index is 1450. The van der Waals surface area contributed by atoms with Gasteiger partial charge in [0.15, 0.2) is 14.5 Å². The average Bonchev–Trinajstić information content (AvgIpc) is 3.10. The zero-order valence-corrected chi connectivity index (χ0v) is 25.9. The summed E-state index contributed by atoms with van der Waals surface area (Å²) in [5, 5.41) is 20.3. The van der Waals surface area contributed by atoms with E-state index in [0.717, 1.165) is 36.9 Å². The predicted octanol–water partition coefficient (Wildman–Crippen LogP) is 7.31. The molecule has 0 spiro atoms. The van der Waals surface area contributed by atoms with E-state index in [-0.39, 0.29) is 5.95 Å². The van der Waals surface area contributed by atoms with Crippen molar-refractivity contribution in [3.8, 4) is 0 Å². The second-order valence-corrected chi connectivity index (χ2v) is 17.2. The van der Waals surface area contributed by atoms with Crippen molar-refractivity contribution in [3.63, 3.8) is 0 Å². The minimum atomic E-state index is -2.80. The van der Waals surface area contributed by atoms with E-state index in [0.29, 0.717) is 0 Å². The maximum absolute atomic E-state index is 12.5. The lowest BCUT2D eigenvalue weighted by Gasteiger charge is -2.35. The topological polar surface area (TPSA) is 29.5 Å². The van der Waals surface area contributed by atoms with Gasteiger partial charge in [-0.3, -0.25) is 0 Å². The van der Waals surface area contributed by atoms with Crippen molar-refractivity contribution < 1.29 is 9.84 Å². The minimum Gasteiger partial charge on any atom is -0.475 e. The summed E-state index contributed by atoms with van der Waals surface area (Å²) in [4.78, 5) is 0. The van der Waals surface area contributed by atoms with Crippen molar-refractivity contribution >= 4 is 46.4 Å². The fourth-order valence-electron chi connectivity index (χ4n) is 6.14. The maximum atomic E-state index is 12.5. The van der Waals surface area contributed by atoms with Crippen LogP contribution in [0.4, 0.5) is 0 Å². The summed E-state index contributed by atoms with van der Waals surface area (Å²) in [5.74, 6) is -0.0326. The molecule has 0 aliphatic heterocycles. The van der Waals surface area contributed by atoms with Crippen LogP contribution in [0.3, 0.4) is 0 Å². The normalized spacial score (nSPS) is 11.5. The Morgan fingerprint density at radius 2 is 0.558 bits per heavy atom. The van der Waals surface area contributed by atoms with Crippen molar-refractivity contribution in [1.29, 1.82) is 0 Å². The molecule has 43 heavy (non-hydrogen) atoms. The highest BCUT2D eigenvalue weighted by atomic mass is 31.2. The maximum Gasteiger partial charge on any atom is 0.361 e. The van der Waals surface area contributed by atoms with Crippen LogP contribution < -0.4 is 31.8 Å². The summed E-state index contributed by atoms with van der Waals surface area (Å²) >= 11 is 0. The van der Waals surface area contributed by atoms with Crippen LogP contribution in [0.25, 0.3) is 0 Å². The molecule has 0 atom stereocenters. The Morgan fingerprint density at radius 1 is 0.372 bits per heavy atom. The third kappa shape index (κ3) is 4.98. The molecule has 2 nitrogen and oxygen atoms in total. The summed E-state index contributed by atoms with van der Waals surface area (Å²) in [6.45, 7) is 0. The van der Waals surface area contributed by atoms with Gasteiger partial charge in [-0.15, -0.1) is 0 Å². The highest BCUT2D eigenvalue weighted by Gasteiger charge is 2.68. The van der Waals surface area contributed by atoms with Crippen LogP contribution in [0.15, 0.2) is 193 Å². The molecular formula is C39H34O2P2+2. The Morgan fingerprint density at radius 3 is 0.721 bits per heavy atom. The van der Waals surface area contributed by atoms with Gasteiger partial charge in [-0.25, -0.2) is 0 Å². The summed E-state index contributed by atoms with van der Waals surface area (Å²) in [6, 6.07) is 64.1. The van der Waals surface area contributed by atoms with Crippen molar-refractivity contribution in [2.75, 3.05) is 7.11 Å². The van der Waals surface area contributed by atoms with Gasteiger partial charge in [0.05, 0.1) is 7.11 Å². The van der Waals surface area contributed by atoms with Crippen LogP contribution in [0.1, 0.15) is 0 Å². The standard InChI is InChI=1S/C39H33O2P2/c1-41-38(40)39(42(32-20-8-2-9-21-32,33-22-10-3-11-23-33)34-24-12-4-13-25-34)43(35-26-14-5-15-27-35,36-28-16-6-17-29-36)37-30-18-7-19-31-37/h2-31H,1H3/q+1/p+1. The van der Waals surface area contributed by atoms with Gasteiger partial charge < -0.3 is 9.84 Å². The molecule has 1 N–H and O–H groups in total. The molecular weight excluding hydrogens is 562 g/mol. The smallest absolute Gasteiger partial charge is 0.361 e. The van der Waals surface area contributed by atoms with Crippen LogP contribution in [-0.4, -0.2) is 12.2 Å². The van der Waals surface area contributed by atoms with Gasteiger partial charge in [-0.2, -0.15) is 0 Å². The number of aliphatic hydroxyl groups excluding tert-OH is 1. The Hall–Kier alpha value is -4.48. The van der Waals surface area contributed by atoms with E-state index >= 15 is 0 Å². The fraction of sp³-hybridized carbons (Fsp3) is 0.0256. The van der Waals surface area contributed by atoms with Gasteiger partial charge in [-0.05, 0) is 72.8 Å².